The van der Waals surface area contributed by atoms with Gasteiger partial charge in [-0.2, -0.15) is 13.2 Å². The van der Waals surface area contributed by atoms with Gasteiger partial charge in [0.15, 0.2) is 0 Å². The molecular formula is C14H17F3N2O2. The van der Waals surface area contributed by atoms with Crippen LogP contribution in [-0.2, 0) is 10.9 Å². The fourth-order valence-corrected chi connectivity index (χ4v) is 2.23. The first-order valence-electron chi connectivity index (χ1n) is 6.70. The Hall–Kier alpha value is -1.60. The summed E-state index contributed by atoms with van der Waals surface area (Å²) < 4.78 is 43.5. The first kappa shape index (κ1) is 15.8. The fraction of sp³-hybridized carbons (Fsp3) is 0.500. The van der Waals surface area contributed by atoms with Gasteiger partial charge in [0.25, 0.3) is 5.91 Å². The van der Waals surface area contributed by atoms with Crippen molar-refractivity contribution in [3.63, 3.8) is 0 Å². The predicted octanol–water partition coefficient (Wildman–Crippen LogP) is 1.90. The summed E-state index contributed by atoms with van der Waals surface area (Å²) >= 11 is 0. The number of nitrogens with two attached hydrogens (primary N) is 1. The number of carbonyl (C=O) groups excluding carboxylic acids is 1. The SMILES string of the molecule is NC[C@H]1CN(C(=O)c2cccc(C(F)(F)F)c2)CCCO1. The van der Waals surface area contributed by atoms with Gasteiger partial charge in [0, 0.05) is 31.8 Å². The van der Waals surface area contributed by atoms with Gasteiger partial charge >= 0.3 is 6.18 Å². The number of benzene rings is 1. The van der Waals surface area contributed by atoms with E-state index in [4.69, 9.17) is 10.5 Å². The van der Waals surface area contributed by atoms with Crippen LogP contribution in [-0.4, -0.2) is 43.2 Å². The van der Waals surface area contributed by atoms with Gasteiger partial charge in [0.1, 0.15) is 0 Å². The number of halogens is 3. The van der Waals surface area contributed by atoms with Crippen LogP contribution in [0, 0.1) is 0 Å². The minimum atomic E-state index is -4.46. The van der Waals surface area contributed by atoms with Gasteiger partial charge in [-0.25, -0.2) is 0 Å². The molecular weight excluding hydrogens is 285 g/mol. The number of alkyl halides is 3. The van der Waals surface area contributed by atoms with Crippen LogP contribution >= 0.6 is 0 Å². The van der Waals surface area contributed by atoms with Crippen LogP contribution in [0.2, 0.25) is 0 Å². The first-order chi connectivity index (χ1) is 9.91. The van der Waals surface area contributed by atoms with E-state index >= 15 is 0 Å². The normalized spacial score (nSPS) is 20.2. The molecule has 1 aromatic carbocycles. The molecule has 1 aliphatic heterocycles. The Morgan fingerprint density at radius 3 is 2.86 bits per heavy atom. The van der Waals surface area contributed by atoms with Crippen LogP contribution in [0.3, 0.4) is 0 Å². The van der Waals surface area contributed by atoms with E-state index in [-0.39, 0.29) is 18.2 Å². The molecule has 1 aromatic rings. The predicted molar refractivity (Wildman–Crippen MR) is 70.8 cm³/mol. The quantitative estimate of drug-likeness (QED) is 0.908. The highest BCUT2D eigenvalue weighted by molar-refractivity contribution is 5.94. The highest BCUT2D eigenvalue weighted by Gasteiger charge is 2.31. The number of hydrogen-bond acceptors (Lipinski definition) is 3. The zero-order valence-corrected chi connectivity index (χ0v) is 11.4. The van der Waals surface area contributed by atoms with E-state index < -0.39 is 17.6 Å². The maximum absolute atomic E-state index is 12.7. The molecule has 2 N–H and O–H groups in total. The molecule has 0 aliphatic carbocycles. The number of amides is 1. The van der Waals surface area contributed by atoms with Crippen molar-refractivity contribution in [3.05, 3.63) is 35.4 Å². The molecule has 0 aromatic heterocycles. The molecule has 1 atom stereocenters. The van der Waals surface area contributed by atoms with Crippen LogP contribution in [0.15, 0.2) is 24.3 Å². The Kier molecular flexibility index (Phi) is 4.84. The maximum atomic E-state index is 12.7. The fourth-order valence-electron chi connectivity index (χ4n) is 2.23. The van der Waals surface area contributed by atoms with Crippen molar-refractivity contribution in [1.82, 2.24) is 4.90 Å². The summed E-state index contributed by atoms with van der Waals surface area (Å²) in [6.07, 6.45) is -4.10. The van der Waals surface area contributed by atoms with E-state index in [1.807, 2.05) is 0 Å². The molecule has 0 unspecified atom stereocenters. The highest BCUT2D eigenvalue weighted by Crippen LogP contribution is 2.29. The van der Waals surface area contributed by atoms with Crippen molar-refractivity contribution in [3.8, 4) is 0 Å². The average Bonchev–Trinajstić information content (AvgIpc) is 2.71. The second-order valence-corrected chi connectivity index (χ2v) is 4.91. The summed E-state index contributed by atoms with van der Waals surface area (Å²) in [4.78, 5) is 13.9. The Morgan fingerprint density at radius 2 is 2.19 bits per heavy atom. The van der Waals surface area contributed by atoms with Gasteiger partial charge in [0.05, 0.1) is 11.7 Å². The van der Waals surface area contributed by atoms with Gasteiger partial charge in [-0.1, -0.05) is 6.07 Å². The molecule has 4 nitrogen and oxygen atoms in total. The van der Waals surface area contributed by atoms with E-state index in [2.05, 4.69) is 0 Å². The van der Waals surface area contributed by atoms with Crippen molar-refractivity contribution >= 4 is 5.91 Å². The lowest BCUT2D eigenvalue weighted by atomic mass is 10.1. The second-order valence-electron chi connectivity index (χ2n) is 4.91. The number of ether oxygens (including phenoxy) is 1. The molecule has 1 aliphatic rings. The monoisotopic (exact) mass is 302 g/mol. The Morgan fingerprint density at radius 1 is 1.43 bits per heavy atom. The van der Waals surface area contributed by atoms with Crippen LogP contribution in [0.25, 0.3) is 0 Å². The summed E-state index contributed by atoms with van der Waals surface area (Å²) in [5.74, 6) is -0.426. The smallest absolute Gasteiger partial charge is 0.375 e. The second kappa shape index (κ2) is 6.44. The van der Waals surface area contributed by atoms with Crippen LogP contribution in [0.5, 0.6) is 0 Å². The summed E-state index contributed by atoms with van der Waals surface area (Å²) in [6.45, 7) is 1.51. The minimum Gasteiger partial charge on any atom is -0.375 e. The van der Waals surface area contributed by atoms with E-state index in [0.717, 1.165) is 12.1 Å². The molecule has 2 rings (SSSR count). The molecule has 0 radical (unpaired) electrons. The molecule has 21 heavy (non-hydrogen) atoms. The summed E-state index contributed by atoms with van der Waals surface area (Å²) in [6, 6.07) is 4.46. The lowest BCUT2D eigenvalue weighted by molar-refractivity contribution is -0.137. The Labute approximate surface area is 120 Å². The number of carbonyl (C=O) groups is 1. The topological polar surface area (TPSA) is 55.6 Å². The molecule has 1 saturated heterocycles. The summed E-state index contributed by atoms with van der Waals surface area (Å²) in [7, 11) is 0. The van der Waals surface area contributed by atoms with Crippen molar-refractivity contribution in [2.24, 2.45) is 5.73 Å². The lowest BCUT2D eigenvalue weighted by Gasteiger charge is -2.23. The third-order valence-electron chi connectivity index (χ3n) is 3.34. The third-order valence-corrected chi connectivity index (χ3v) is 3.34. The molecule has 116 valence electrons. The van der Waals surface area contributed by atoms with E-state index in [0.29, 0.717) is 26.1 Å². The first-order valence-corrected chi connectivity index (χ1v) is 6.70. The maximum Gasteiger partial charge on any atom is 0.416 e. The molecule has 0 spiro atoms. The van der Waals surface area contributed by atoms with E-state index in [1.165, 1.54) is 17.0 Å². The van der Waals surface area contributed by atoms with E-state index in [1.54, 1.807) is 0 Å². The third kappa shape index (κ3) is 3.95. The molecule has 0 bridgehead atoms. The van der Waals surface area contributed by atoms with Crippen molar-refractivity contribution < 1.29 is 22.7 Å². The molecule has 1 fully saturated rings. The zero-order chi connectivity index (χ0) is 15.5. The van der Waals surface area contributed by atoms with Gasteiger partial charge in [-0.05, 0) is 24.6 Å². The van der Waals surface area contributed by atoms with Crippen LogP contribution in [0.1, 0.15) is 22.3 Å². The zero-order valence-electron chi connectivity index (χ0n) is 11.4. The van der Waals surface area contributed by atoms with Crippen LogP contribution < -0.4 is 5.73 Å². The minimum absolute atomic E-state index is 0.0301. The van der Waals surface area contributed by atoms with Gasteiger partial charge in [-0.3, -0.25) is 4.79 Å². The van der Waals surface area contributed by atoms with Gasteiger partial charge < -0.3 is 15.4 Å². The van der Waals surface area contributed by atoms with E-state index in [9.17, 15) is 18.0 Å². The van der Waals surface area contributed by atoms with Gasteiger partial charge in [-0.15, -0.1) is 0 Å². The lowest BCUT2D eigenvalue weighted by Crippen LogP contribution is -2.39. The standard InChI is InChI=1S/C14H17F3N2O2/c15-14(16,17)11-4-1-3-10(7-11)13(20)19-5-2-6-21-12(8-18)9-19/h1,3-4,7,12H,2,5-6,8-9,18H2/t12-/m0/s1. The molecule has 0 saturated carbocycles. The molecule has 1 amide bonds. The van der Waals surface area contributed by atoms with Crippen molar-refractivity contribution in [2.45, 2.75) is 18.7 Å². The Bertz CT molecular complexity index is 505. The number of nitrogens with zero attached hydrogens (tertiary/aromatic N) is 1. The summed E-state index contributed by atoms with van der Waals surface area (Å²) in [5, 5.41) is 0. The van der Waals surface area contributed by atoms with Crippen molar-refractivity contribution in [2.75, 3.05) is 26.2 Å². The number of rotatable bonds is 2. The summed E-state index contributed by atoms with van der Waals surface area (Å²) in [5.41, 5.74) is 4.75. The number of hydrogen-bond donors (Lipinski definition) is 1. The molecule has 7 heteroatoms. The molecule has 1 heterocycles. The average molecular weight is 302 g/mol. The van der Waals surface area contributed by atoms with Gasteiger partial charge in [0.2, 0.25) is 0 Å². The van der Waals surface area contributed by atoms with Crippen molar-refractivity contribution in [1.29, 1.82) is 0 Å². The largest absolute Gasteiger partial charge is 0.416 e. The Balaban J connectivity index is 2.19. The van der Waals surface area contributed by atoms with Crippen LogP contribution in [0.4, 0.5) is 13.2 Å². The highest BCUT2D eigenvalue weighted by atomic mass is 19.4.